The molecule has 0 aliphatic heterocycles. The van der Waals surface area contributed by atoms with E-state index in [0.29, 0.717) is 5.75 Å². The maximum absolute atomic E-state index is 12.3. The van der Waals surface area contributed by atoms with Crippen LogP contribution < -0.4 is 5.56 Å². The Morgan fingerprint density at radius 2 is 2.08 bits per heavy atom. The van der Waals surface area contributed by atoms with Gasteiger partial charge in [-0.15, -0.1) is 22.7 Å². The summed E-state index contributed by atoms with van der Waals surface area (Å²) in [6.45, 7) is 6.12. The van der Waals surface area contributed by atoms with E-state index < -0.39 is 0 Å². The molecule has 0 aliphatic rings. The molecule has 0 radical (unpaired) electrons. The molecule has 4 heterocycles. The van der Waals surface area contributed by atoms with Crippen LogP contribution in [0.2, 0.25) is 0 Å². The summed E-state index contributed by atoms with van der Waals surface area (Å²) in [5.41, 5.74) is 2.91. The molecule has 0 saturated heterocycles. The first kappa shape index (κ1) is 15.7. The first-order valence-electron chi connectivity index (χ1n) is 7.35. The van der Waals surface area contributed by atoms with Crippen LogP contribution in [0.5, 0.6) is 0 Å². The van der Waals surface area contributed by atoms with Gasteiger partial charge in [-0.25, -0.2) is 15.0 Å². The predicted molar refractivity (Wildman–Crippen MR) is 101 cm³/mol. The minimum absolute atomic E-state index is 0.0234. The molecule has 24 heavy (non-hydrogen) atoms. The number of thiazole rings is 1. The summed E-state index contributed by atoms with van der Waals surface area (Å²) in [7, 11) is 0. The first-order chi connectivity index (χ1) is 11.5. The molecule has 0 saturated carbocycles. The van der Waals surface area contributed by atoms with E-state index in [4.69, 9.17) is 0 Å². The van der Waals surface area contributed by atoms with Gasteiger partial charge in [-0.3, -0.25) is 9.20 Å². The number of hydrogen-bond acceptors (Lipinski definition) is 7. The number of fused-ring (bicyclic) bond motifs is 2. The van der Waals surface area contributed by atoms with E-state index in [-0.39, 0.29) is 5.56 Å². The van der Waals surface area contributed by atoms with E-state index >= 15 is 0 Å². The van der Waals surface area contributed by atoms with Crippen molar-refractivity contribution < 1.29 is 0 Å². The molecule has 0 atom stereocenters. The van der Waals surface area contributed by atoms with Gasteiger partial charge in [-0.1, -0.05) is 11.8 Å². The summed E-state index contributed by atoms with van der Waals surface area (Å²) >= 11 is 4.78. The van der Waals surface area contributed by atoms with Gasteiger partial charge in [0.1, 0.15) is 16.2 Å². The largest absolute Gasteiger partial charge is 0.269 e. The van der Waals surface area contributed by atoms with Crippen LogP contribution >= 0.6 is 34.4 Å². The van der Waals surface area contributed by atoms with Crippen molar-refractivity contribution in [3.63, 3.8) is 0 Å². The monoisotopic (exact) mass is 374 g/mol. The van der Waals surface area contributed by atoms with Gasteiger partial charge < -0.3 is 0 Å². The molecular weight excluding hydrogens is 360 g/mol. The molecule has 5 nitrogen and oxygen atoms in total. The Labute approximate surface area is 150 Å². The molecule has 122 valence electrons. The maximum Gasteiger partial charge on any atom is 0.258 e. The van der Waals surface area contributed by atoms with E-state index in [1.54, 1.807) is 39.9 Å². The first-order valence-corrected chi connectivity index (χ1v) is 10.0. The lowest BCUT2D eigenvalue weighted by Crippen LogP contribution is -2.14. The van der Waals surface area contributed by atoms with Crippen molar-refractivity contribution in [2.45, 2.75) is 31.6 Å². The highest BCUT2D eigenvalue weighted by Crippen LogP contribution is 2.35. The van der Waals surface area contributed by atoms with Crippen molar-refractivity contribution >= 4 is 49.6 Å². The summed E-state index contributed by atoms with van der Waals surface area (Å²) in [5.74, 6) is 0.614. The zero-order valence-electron chi connectivity index (χ0n) is 13.4. The third kappa shape index (κ3) is 2.54. The SMILES string of the molecule is Cc1sc2ncnc(SCc3cc(=O)n4c(C)csc4n3)c2c1C. The van der Waals surface area contributed by atoms with E-state index in [9.17, 15) is 4.79 Å². The number of aromatic nitrogens is 4. The number of rotatable bonds is 3. The molecule has 4 aromatic heterocycles. The normalized spacial score (nSPS) is 11.6. The van der Waals surface area contributed by atoms with Gasteiger partial charge in [0.2, 0.25) is 0 Å². The second-order valence-corrected chi connectivity index (χ2v) is 8.52. The van der Waals surface area contributed by atoms with E-state index in [2.05, 4.69) is 28.8 Å². The topological polar surface area (TPSA) is 60.2 Å². The summed E-state index contributed by atoms with van der Waals surface area (Å²) in [4.78, 5) is 28.7. The minimum atomic E-state index is -0.0234. The number of thiophene rings is 1. The second-order valence-electron chi connectivity index (χ2n) is 5.51. The number of hydrogen-bond donors (Lipinski definition) is 0. The van der Waals surface area contributed by atoms with E-state index in [1.807, 2.05) is 12.3 Å². The van der Waals surface area contributed by atoms with Gasteiger partial charge in [0.15, 0.2) is 4.96 Å². The molecule has 0 spiro atoms. The third-order valence-corrected chi connectivity index (χ3v) is 7.00. The summed E-state index contributed by atoms with van der Waals surface area (Å²) in [6.07, 6.45) is 1.61. The molecule has 0 aromatic carbocycles. The molecule has 0 amide bonds. The fraction of sp³-hybridized carbons (Fsp3) is 0.250. The predicted octanol–water partition coefficient (Wildman–Crippen LogP) is 3.98. The Balaban J connectivity index is 1.69. The van der Waals surface area contributed by atoms with Gasteiger partial charge >= 0.3 is 0 Å². The maximum atomic E-state index is 12.3. The molecule has 0 fully saturated rings. The molecule has 0 aliphatic carbocycles. The quantitative estimate of drug-likeness (QED) is 0.401. The Bertz CT molecular complexity index is 1130. The highest BCUT2D eigenvalue weighted by atomic mass is 32.2. The zero-order chi connectivity index (χ0) is 16.8. The molecule has 8 heteroatoms. The fourth-order valence-electron chi connectivity index (χ4n) is 2.58. The minimum Gasteiger partial charge on any atom is -0.269 e. The second kappa shape index (κ2) is 5.94. The highest BCUT2D eigenvalue weighted by molar-refractivity contribution is 7.98. The van der Waals surface area contributed by atoms with Crippen LogP contribution in [0.1, 0.15) is 21.8 Å². The Morgan fingerprint density at radius 3 is 2.92 bits per heavy atom. The van der Waals surface area contributed by atoms with Crippen molar-refractivity contribution in [1.82, 2.24) is 19.4 Å². The van der Waals surface area contributed by atoms with Crippen molar-refractivity contribution in [2.75, 3.05) is 0 Å². The van der Waals surface area contributed by atoms with E-state index in [1.165, 1.54) is 21.8 Å². The summed E-state index contributed by atoms with van der Waals surface area (Å²) in [6, 6.07) is 1.61. The lowest BCUT2D eigenvalue weighted by molar-refractivity contribution is 0.996. The van der Waals surface area contributed by atoms with Crippen molar-refractivity contribution in [1.29, 1.82) is 0 Å². The Morgan fingerprint density at radius 1 is 1.25 bits per heavy atom. The van der Waals surface area contributed by atoms with Gasteiger partial charge in [-0.05, 0) is 26.3 Å². The lowest BCUT2D eigenvalue weighted by atomic mass is 10.2. The van der Waals surface area contributed by atoms with Crippen LogP contribution in [-0.2, 0) is 5.75 Å². The van der Waals surface area contributed by atoms with Crippen LogP contribution in [0, 0.1) is 20.8 Å². The third-order valence-electron chi connectivity index (χ3n) is 3.92. The lowest BCUT2D eigenvalue weighted by Gasteiger charge is -2.04. The number of nitrogens with zero attached hydrogens (tertiary/aromatic N) is 4. The molecule has 0 unspecified atom stereocenters. The van der Waals surface area contributed by atoms with Crippen LogP contribution in [-0.4, -0.2) is 19.4 Å². The summed E-state index contributed by atoms with van der Waals surface area (Å²) in [5, 5.41) is 4.02. The average Bonchev–Trinajstić information content (AvgIpc) is 3.07. The van der Waals surface area contributed by atoms with E-state index in [0.717, 1.165) is 31.6 Å². The van der Waals surface area contributed by atoms with Gasteiger partial charge in [0.25, 0.3) is 5.56 Å². The van der Waals surface area contributed by atoms with Crippen LogP contribution in [0.3, 0.4) is 0 Å². The molecule has 0 N–H and O–H groups in total. The highest BCUT2D eigenvalue weighted by Gasteiger charge is 2.13. The molecule has 0 bridgehead atoms. The van der Waals surface area contributed by atoms with Crippen LogP contribution in [0.4, 0.5) is 0 Å². The van der Waals surface area contributed by atoms with Crippen molar-refractivity contribution in [2.24, 2.45) is 0 Å². The Hall–Kier alpha value is -1.77. The Kier molecular flexibility index (Phi) is 3.90. The molecule has 4 aromatic rings. The van der Waals surface area contributed by atoms with Crippen molar-refractivity contribution in [3.8, 4) is 0 Å². The van der Waals surface area contributed by atoms with Gasteiger partial charge in [0.05, 0.1) is 5.69 Å². The summed E-state index contributed by atoms with van der Waals surface area (Å²) < 4.78 is 1.65. The number of aryl methyl sites for hydroxylation is 3. The molecule has 4 rings (SSSR count). The number of thioether (sulfide) groups is 1. The standard InChI is InChI=1S/C16H14N4OS3/c1-8-5-23-16-19-11(4-12(21)20(8)16)6-22-14-13-9(2)10(3)24-15(13)18-7-17-14/h4-5,7H,6H2,1-3H3. The molecular formula is C16H14N4OS3. The van der Waals surface area contributed by atoms with Gasteiger partial charge in [-0.2, -0.15) is 0 Å². The van der Waals surface area contributed by atoms with Crippen LogP contribution in [0.15, 0.2) is 27.6 Å². The van der Waals surface area contributed by atoms with Crippen LogP contribution in [0.25, 0.3) is 15.2 Å². The van der Waals surface area contributed by atoms with Gasteiger partial charge in [0, 0.05) is 33.2 Å². The zero-order valence-corrected chi connectivity index (χ0v) is 15.8. The average molecular weight is 375 g/mol. The van der Waals surface area contributed by atoms with Crippen molar-refractivity contribution in [3.05, 3.63) is 50.0 Å². The smallest absolute Gasteiger partial charge is 0.258 e. The fourth-order valence-corrected chi connectivity index (χ4v) is 5.48.